The number of carbonyl (C=O) groups is 1. The molecule has 3 N–H and O–H groups in total. The van der Waals surface area contributed by atoms with Gasteiger partial charge in [0, 0.05) is 23.7 Å². The third-order valence-corrected chi connectivity index (χ3v) is 5.99. The second-order valence-corrected chi connectivity index (χ2v) is 9.13. The summed E-state index contributed by atoms with van der Waals surface area (Å²) in [6.45, 7) is 5.55. The summed E-state index contributed by atoms with van der Waals surface area (Å²) in [5, 5.41) is 5.90. The Morgan fingerprint density at radius 3 is 2.58 bits per heavy atom. The number of halogens is 1. The van der Waals surface area contributed by atoms with E-state index in [2.05, 4.69) is 15.4 Å². The van der Waals surface area contributed by atoms with E-state index < -0.39 is 15.6 Å². The highest BCUT2D eigenvalue weighted by Gasteiger charge is 2.25. The summed E-state index contributed by atoms with van der Waals surface area (Å²) < 4.78 is 27.7. The van der Waals surface area contributed by atoms with Crippen molar-refractivity contribution in [2.75, 3.05) is 11.6 Å². The standard InChI is InChI=1S/C15H23N3O3S2.ClH/c1-15(2,3)18-23(20,21)13-7-5-4-6-11(13)8-16-14(19)12-9-22-10-17-12;/h4-7,12,17-18H,8-10H2,1-3H3,(H,16,19);1H. The summed E-state index contributed by atoms with van der Waals surface area (Å²) in [6, 6.07) is 6.50. The van der Waals surface area contributed by atoms with E-state index >= 15 is 0 Å². The lowest BCUT2D eigenvalue weighted by atomic mass is 10.1. The minimum absolute atomic E-state index is 0. The largest absolute Gasteiger partial charge is 0.351 e. The number of benzene rings is 1. The monoisotopic (exact) mass is 393 g/mol. The Morgan fingerprint density at radius 1 is 1.33 bits per heavy atom. The van der Waals surface area contributed by atoms with Gasteiger partial charge in [0.15, 0.2) is 0 Å². The van der Waals surface area contributed by atoms with Crippen LogP contribution >= 0.6 is 24.2 Å². The molecule has 24 heavy (non-hydrogen) atoms. The topological polar surface area (TPSA) is 87.3 Å². The number of thioether (sulfide) groups is 1. The third kappa shape index (κ3) is 5.93. The van der Waals surface area contributed by atoms with Crippen LogP contribution in [0.1, 0.15) is 26.3 Å². The van der Waals surface area contributed by atoms with Gasteiger partial charge in [-0.25, -0.2) is 13.1 Å². The molecule has 1 fully saturated rings. The van der Waals surface area contributed by atoms with Gasteiger partial charge in [-0.15, -0.1) is 24.2 Å². The summed E-state index contributed by atoms with van der Waals surface area (Å²) in [5.41, 5.74) is 0.00319. The number of sulfonamides is 1. The Balaban J connectivity index is 0.00000288. The first kappa shape index (κ1) is 21.2. The van der Waals surface area contributed by atoms with Crippen LogP contribution in [0.15, 0.2) is 29.2 Å². The maximum atomic E-state index is 12.5. The molecule has 0 aliphatic carbocycles. The average Bonchev–Trinajstić information content (AvgIpc) is 2.96. The molecule has 1 saturated heterocycles. The minimum atomic E-state index is -3.64. The Kier molecular flexibility index (Phi) is 7.55. The van der Waals surface area contributed by atoms with Crippen LogP contribution in [0.3, 0.4) is 0 Å². The Morgan fingerprint density at radius 2 is 2.00 bits per heavy atom. The van der Waals surface area contributed by atoms with E-state index in [0.29, 0.717) is 5.56 Å². The lowest BCUT2D eigenvalue weighted by molar-refractivity contribution is -0.122. The van der Waals surface area contributed by atoms with Crippen LogP contribution in [0, 0.1) is 0 Å². The number of amides is 1. The fourth-order valence-corrected chi connectivity index (χ4v) is 4.84. The summed E-state index contributed by atoms with van der Waals surface area (Å²) in [4.78, 5) is 12.3. The predicted octanol–water partition coefficient (Wildman–Crippen LogP) is 1.46. The molecule has 0 bridgehead atoms. The van der Waals surface area contributed by atoms with Crippen LogP contribution in [0.25, 0.3) is 0 Å². The zero-order valence-corrected chi connectivity index (χ0v) is 16.4. The van der Waals surface area contributed by atoms with E-state index in [1.165, 1.54) is 0 Å². The molecule has 0 radical (unpaired) electrons. The second-order valence-electron chi connectivity index (χ2n) is 6.45. The maximum absolute atomic E-state index is 12.5. The van der Waals surface area contributed by atoms with Crippen LogP contribution < -0.4 is 15.4 Å². The van der Waals surface area contributed by atoms with Crippen molar-refractivity contribution in [2.24, 2.45) is 0 Å². The van der Waals surface area contributed by atoms with Gasteiger partial charge in [-0.05, 0) is 32.4 Å². The Labute approximate surface area is 154 Å². The van der Waals surface area contributed by atoms with Crippen LogP contribution in [-0.4, -0.2) is 37.5 Å². The van der Waals surface area contributed by atoms with Gasteiger partial charge in [0.2, 0.25) is 15.9 Å². The molecule has 0 aromatic heterocycles. The highest BCUT2D eigenvalue weighted by atomic mass is 35.5. The molecular formula is C15H24ClN3O3S2. The first-order valence-corrected chi connectivity index (χ1v) is 10.0. The van der Waals surface area contributed by atoms with Crippen molar-refractivity contribution in [3.05, 3.63) is 29.8 Å². The molecule has 0 saturated carbocycles. The normalized spacial score (nSPS) is 18.0. The smallest absolute Gasteiger partial charge is 0.241 e. The molecule has 1 amide bonds. The molecule has 1 aliphatic heterocycles. The van der Waals surface area contributed by atoms with Gasteiger partial charge >= 0.3 is 0 Å². The van der Waals surface area contributed by atoms with Gasteiger partial charge in [0.05, 0.1) is 10.9 Å². The molecule has 1 unspecified atom stereocenters. The molecule has 1 heterocycles. The average molecular weight is 394 g/mol. The van der Waals surface area contributed by atoms with Gasteiger partial charge < -0.3 is 5.32 Å². The molecule has 1 aromatic carbocycles. The molecule has 2 rings (SSSR count). The number of rotatable bonds is 5. The molecule has 6 nitrogen and oxygen atoms in total. The van der Waals surface area contributed by atoms with E-state index in [9.17, 15) is 13.2 Å². The van der Waals surface area contributed by atoms with E-state index in [-0.39, 0.29) is 35.8 Å². The Hall–Kier alpha value is -0.800. The highest BCUT2D eigenvalue weighted by Crippen LogP contribution is 2.18. The Bertz CT molecular complexity index is 669. The fourth-order valence-electron chi connectivity index (χ4n) is 2.24. The van der Waals surface area contributed by atoms with E-state index in [1.54, 1.807) is 56.8 Å². The quantitative estimate of drug-likeness (QED) is 0.705. The summed E-state index contributed by atoms with van der Waals surface area (Å²) >= 11 is 1.67. The van der Waals surface area contributed by atoms with Crippen LogP contribution in [0.5, 0.6) is 0 Å². The zero-order chi connectivity index (χ0) is 17.1. The first-order valence-electron chi connectivity index (χ1n) is 7.40. The molecular weight excluding hydrogens is 370 g/mol. The lowest BCUT2D eigenvalue weighted by Gasteiger charge is -2.21. The number of hydrogen-bond donors (Lipinski definition) is 3. The predicted molar refractivity (Wildman–Crippen MR) is 99.9 cm³/mol. The molecule has 9 heteroatoms. The second kappa shape index (κ2) is 8.53. The molecule has 0 spiro atoms. The van der Waals surface area contributed by atoms with Crippen molar-refractivity contribution in [1.29, 1.82) is 0 Å². The summed E-state index contributed by atoms with van der Waals surface area (Å²) in [5.74, 6) is 1.39. The van der Waals surface area contributed by atoms with E-state index in [0.717, 1.165) is 11.6 Å². The number of nitrogens with one attached hydrogen (secondary N) is 3. The van der Waals surface area contributed by atoms with Crippen LogP contribution in [0.2, 0.25) is 0 Å². The van der Waals surface area contributed by atoms with Gasteiger partial charge in [-0.2, -0.15) is 0 Å². The maximum Gasteiger partial charge on any atom is 0.241 e. The van der Waals surface area contributed by atoms with Gasteiger partial charge in [0.25, 0.3) is 0 Å². The fraction of sp³-hybridized carbons (Fsp3) is 0.533. The van der Waals surface area contributed by atoms with Crippen LogP contribution in [-0.2, 0) is 21.4 Å². The number of carbonyl (C=O) groups excluding carboxylic acids is 1. The third-order valence-electron chi connectivity index (χ3n) is 3.19. The van der Waals surface area contributed by atoms with Crippen molar-refractivity contribution < 1.29 is 13.2 Å². The van der Waals surface area contributed by atoms with Crippen molar-refractivity contribution in [3.63, 3.8) is 0 Å². The van der Waals surface area contributed by atoms with Gasteiger partial charge in [-0.1, -0.05) is 18.2 Å². The molecule has 1 aliphatic rings. The first-order chi connectivity index (χ1) is 10.7. The molecule has 1 atom stereocenters. The summed E-state index contributed by atoms with van der Waals surface area (Å²) in [7, 11) is -3.64. The van der Waals surface area contributed by atoms with Crippen molar-refractivity contribution in [2.45, 2.75) is 43.8 Å². The van der Waals surface area contributed by atoms with Gasteiger partial charge in [0.1, 0.15) is 0 Å². The molecule has 136 valence electrons. The van der Waals surface area contributed by atoms with Crippen molar-refractivity contribution in [1.82, 2.24) is 15.4 Å². The number of hydrogen-bond acceptors (Lipinski definition) is 5. The van der Waals surface area contributed by atoms with Crippen LogP contribution in [0.4, 0.5) is 0 Å². The molecule has 1 aromatic rings. The zero-order valence-electron chi connectivity index (χ0n) is 14.0. The SMILES string of the molecule is CC(C)(C)NS(=O)(=O)c1ccccc1CNC(=O)C1CSCN1.Cl. The van der Waals surface area contributed by atoms with Crippen molar-refractivity contribution in [3.8, 4) is 0 Å². The highest BCUT2D eigenvalue weighted by molar-refractivity contribution is 7.99. The van der Waals surface area contributed by atoms with Gasteiger partial charge in [-0.3, -0.25) is 10.1 Å². The minimum Gasteiger partial charge on any atom is -0.351 e. The van der Waals surface area contributed by atoms with E-state index in [4.69, 9.17) is 0 Å². The van der Waals surface area contributed by atoms with E-state index in [1.807, 2.05) is 0 Å². The van der Waals surface area contributed by atoms with Crippen molar-refractivity contribution >= 4 is 40.1 Å². The summed E-state index contributed by atoms with van der Waals surface area (Å²) in [6.07, 6.45) is 0. The lowest BCUT2D eigenvalue weighted by Crippen LogP contribution is -2.42.